The van der Waals surface area contributed by atoms with Crippen molar-refractivity contribution >= 4 is 22.1 Å². The van der Waals surface area contributed by atoms with Crippen molar-refractivity contribution in [2.75, 3.05) is 19.1 Å². The first kappa shape index (κ1) is 11.4. The average Bonchev–Trinajstić information content (AvgIpc) is 2.51. The van der Waals surface area contributed by atoms with Gasteiger partial charge in [0.2, 0.25) is 0 Å². The van der Waals surface area contributed by atoms with Gasteiger partial charge in [0.1, 0.15) is 5.75 Å². The highest BCUT2D eigenvalue weighted by Gasteiger charge is 2.22. The molecule has 0 saturated heterocycles. The zero-order valence-corrected chi connectivity index (χ0v) is 11.6. The Hall–Kier alpha value is -2.48. The summed E-state index contributed by atoms with van der Waals surface area (Å²) in [6.07, 6.45) is 0. The molecule has 20 heavy (non-hydrogen) atoms. The zero-order chi connectivity index (χ0) is 13.7. The number of fused-ring (bicyclic) bond motifs is 2. The summed E-state index contributed by atoms with van der Waals surface area (Å²) >= 11 is 0. The van der Waals surface area contributed by atoms with Crippen LogP contribution in [0.1, 0.15) is 0 Å². The first-order chi connectivity index (χ1) is 9.79. The van der Waals surface area contributed by atoms with Crippen LogP contribution in [0.5, 0.6) is 5.75 Å². The molecule has 1 aliphatic rings. The van der Waals surface area contributed by atoms with Crippen molar-refractivity contribution in [3.05, 3.63) is 54.6 Å². The van der Waals surface area contributed by atoms with Gasteiger partial charge in [0.15, 0.2) is 0 Å². The standard InChI is InChI=1S/C18H15NO/c1-19-16-10-9-13(20-2)11-15(16)14-7-3-5-12-6-4-8-17(19)18(12)14/h3-11H,1-2H3. The van der Waals surface area contributed by atoms with Gasteiger partial charge in [0.05, 0.1) is 7.11 Å². The maximum atomic E-state index is 5.38. The minimum Gasteiger partial charge on any atom is -0.497 e. The number of nitrogens with zero attached hydrogens (tertiary/aromatic N) is 1. The van der Waals surface area contributed by atoms with Crippen molar-refractivity contribution in [1.29, 1.82) is 0 Å². The van der Waals surface area contributed by atoms with E-state index >= 15 is 0 Å². The molecule has 98 valence electrons. The lowest BCUT2D eigenvalue weighted by molar-refractivity contribution is 0.415. The molecular formula is C18H15NO. The maximum absolute atomic E-state index is 5.38. The van der Waals surface area contributed by atoms with Crippen molar-refractivity contribution in [3.63, 3.8) is 0 Å². The van der Waals surface area contributed by atoms with Gasteiger partial charge < -0.3 is 9.64 Å². The Kier molecular flexibility index (Phi) is 2.27. The third-order valence-corrected chi connectivity index (χ3v) is 4.10. The van der Waals surface area contributed by atoms with Crippen LogP contribution < -0.4 is 9.64 Å². The second-order valence-corrected chi connectivity index (χ2v) is 5.12. The maximum Gasteiger partial charge on any atom is 0.119 e. The minimum absolute atomic E-state index is 0.897. The molecule has 1 heterocycles. The highest BCUT2D eigenvalue weighted by molar-refractivity contribution is 6.11. The van der Waals surface area contributed by atoms with Gasteiger partial charge in [0.25, 0.3) is 0 Å². The van der Waals surface area contributed by atoms with E-state index in [-0.39, 0.29) is 0 Å². The van der Waals surface area contributed by atoms with Crippen LogP contribution in [-0.4, -0.2) is 14.2 Å². The third-order valence-electron chi connectivity index (χ3n) is 4.10. The molecule has 0 bridgehead atoms. The molecule has 3 aromatic rings. The molecule has 0 saturated carbocycles. The Bertz CT molecular complexity index is 818. The molecule has 1 aliphatic heterocycles. The van der Waals surface area contributed by atoms with Crippen LogP contribution in [0.4, 0.5) is 11.4 Å². The van der Waals surface area contributed by atoms with Crippen molar-refractivity contribution in [2.45, 2.75) is 0 Å². The second kappa shape index (κ2) is 4.01. The smallest absolute Gasteiger partial charge is 0.119 e. The number of ether oxygens (including phenoxy) is 1. The number of hydrogen-bond acceptors (Lipinski definition) is 2. The molecule has 0 spiro atoms. The molecule has 0 N–H and O–H groups in total. The van der Waals surface area contributed by atoms with Gasteiger partial charge in [-0.3, -0.25) is 0 Å². The third kappa shape index (κ3) is 1.39. The van der Waals surface area contributed by atoms with Crippen LogP contribution >= 0.6 is 0 Å². The number of benzene rings is 3. The molecule has 2 heteroatoms. The molecule has 0 aliphatic carbocycles. The fourth-order valence-electron chi connectivity index (χ4n) is 3.11. The predicted molar refractivity (Wildman–Crippen MR) is 84.0 cm³/mol. The molecule has 0 amide bonds. The van der Waals surface area contributed by atoms with Crippen LogP contribution in [0.15, 0.2) is 54.6 Å². The van der Waals surface area contributed by atoms with Crippen LogP contribution in [0.3, 0.4) is 0 Å². The van der Waals surface area contributed by atoms with Crippen molar-refractivity contribution in [1.82, 2.24) is 0 Å². The Labute approximate surface area is 118 Å². The van der Waals surface area contributed by atoms with Gasteiger partial charge in [-0.05, 0) is 35.2 Å². The monoisotopic (exact) mass is 261 g/mol. The fraction of sp³-hybridized carbons (Fsp3) is 0.111. The lowest BCUT2D eigenvalue weighted by Gasteiger charge is -2.30. The molecule has 0 aromatic heterocycles. The molecule has 0 atom stereocenters. The van der Waals surface area contributed by atoms with Gasteiger partial charge in [-0.15, -0.1) is 0 Å². The van der Waals surface area contributed by atoms with E-state index in [0.717, 1.165) is 5.75 Å². The summed E-state index contributed by atoms with van der Waals surface area (Å²) in [5.41, 5.74) is 4.99. The Morgan fingerprint density at radius 3 is 2.45 bits per heavy atom. The summed E-state index contributed by atoms with van der Waals surface area (Å²) in [5.74, 6) is 0.897. The highest BCUT2D eigenvalue weighted by atomic mass is 16.5. The predicted octanol–water partition coefficient (Wildman–Crippen LogP) is 4.60. The first-order valence-corrected chi connectivity index (χ1v) is 6.73. The summed E-state index contributed by atoms with van der Waals surface area (Å²) in [5, 5.41) is 2.60. The van der Waals surface area contributed by atoms with Gasteiger partial charge in [-0.25, -0.2) is 0 Å². The van der Waals surface area contributed by atoms with Crippen LogP contribution in [0, 0.1) is 0 Å². The quantitative estimate of drug-likeness (QED) is 0.635. The summed E-state index contributed by atoms with van der Waals surface area (Å²) in [6.45, 7) is 0. The van der Waals surface area contributed by atoms with Crippen LogP contribution in [0.2, 0.25) is 0 Å². The second-order valence-electron chi connectivity index (χ2n) is 5.12. The van der Waals surface area contributed by atoms with E-state index in [9.17, 15) is 0 Å². The van der Waals surface area contributed by atoms with E-state index in [4.69, 9.17) is 4.74 Å². The first-order valence-electron chi connectivity index (χ1n) is 6.73. The van der Waals surface area contributed by atoms with Crippen LogP contribution in [0.25, 0.3) is 21.9 Å². The summed E-state index contributed by atoms with van der Waals surface area (Å²) in [4.78, 5) is 2.25. The van der Waals surface area contributed by atoms with E-state index in [0.29, 0.717) is 0 Å². The molecule has 3 aromatic carbocycles. The SMILES string of the molecule is COc1ccc2c(c1)-c1cccc3cccc(c13)N2C. The summed E-state index contributed by atoms with van der Waals surface area (Å²) in [6, 6.07) is 19.2. The molecule has 0 radical (unpaired) electrons. The molecule has 4 rings (SSSR count). The summed E-state index contributed by atoms with van der Waals surface area (Å²) < 4.78 is 5.38. The lowest BCUT2D eigenvalue weighted by Crippen LogP contribution is -2.14. The van der Waals surface area contributed by atoms with Gasteiger partial charge >= 0.3 is 0 Å². The molecule has 0 fully saturated rings. The normalized spacial score (nSPS) is 12.4. The largest absolute Gasteiger partial charge is 0.497 e. The van der Waals surface area contributed by atoms with Gasteiger partial charge in [-0.2, -0.15) is 0 Å². The number of hydrogen-bond donors (Lipinski definition) is 0. The van der Waals surface area contributed by atoms with Crippen LogP contribution in [-0.2, 0) is 0 Å². The van der Waals surface area contributed by atoms with Crippen molar-refractivity contribution < 1.29 is 4.74 Å². The van der Waals surface area contributed by atoms with E-state index in [1.807, 2.05) is 6.07 Å². The number of methoxy groups -OCH3 is 1. The van der Waals surface area contributed by atoms with E-state index < -0.39 is 0 Å². The van der Waals surface area contributed by atoms with Gasteiger partial charge in [-0.1, -0.05) is 30.3 Å². The summed E-state index contributed by atoms with van der Waals surface area (Å²) in [7, 11) is 3.83. The Balaban J connectivity index is 2.15. The zero-order valence-electron chi connectivity index (χ0n) is 11.6. The lowest BCUT2D eigenvalue weighted by atomic mass is 9.91. The topological polar surface area (TPSA) is 12.5 Å². The molecule has 0 unspecified atom stereocenters. The highest BCUT2D eigenvalue weighted by Crippen LogP contribution is 2.47. The van der Waals surface area contributed by atoms with Crippen molar-refractivity contribution in [3.8, 4) is 16.9 Å². The average molecular weight is 261 g/mol. The molecular weight excluding hydrogens is 246 g/mol. The van der Waals surface area contributed by atoms with E-state index in [1.54, 1.807) is 7.11 Å². The molecule has 2 nitrogen and oxygen atoms in total. The Morgan fingerprint density at radius 1 is 0.850 bits per heavy atom. The van der Waals surface area contributed by atoms with Crippen molar-refractivity contribution in [2.24, 2.45) is 0 Å². The Morgan fingerprint density at radius 2 is 1.65 bits per heavy atom. The van der Waals surface area contributed by atoms with Gasteiger partial charge in [0, 0.05) is 29.4 Å². The van der Waals surface area contributed by atoms with E-state index in [2.05, 4.69) is 60.5 Å². The minimum atomic E-state index is 0.897. The van der Waals surface area contributed by atoms with E-state index in [1.165, 1.54) is 33.3 Å². The fourth-order valence-corrected chi connectivity index (χ4v) is 3.11. The number of rotatable bonds is 1. The number of anilines is 2.